The molecule has 2 aliphatic carbocycles. The minimum absolute atomic E-state index is 0.213. The number of nitriles is 1. The molecule has 12 heavy (non-hydrogen) atoms. The van der Waals surface area contributed by atoms with Crippen molar-refractivity contribution in [2.45, 2.75) is 24.9 Å². The van der Waals surface area contributed by atoms with Crippen LogP contribution in [-0.2, 0) is 0 Å². The van der Waals surface area contributed by atoms with E-state index in [0.29, 0.717) is 12.0 Å². The van der Waals surface area contributed by atoms with E-state index in [1.165, 1.54) is 0 Å². The molecule has 0 aliphatic heterocycles. The van der Waals surface area contributed by atoms with Gasteiger partial charge in [0.05, 0.1) is 6.07 Å². The highest BCUT2D eigenvalue weighted by atomic mass is 19.1. The summed E-state index contributed by atoms with van der Waals surface area (Å²) in [7, 11) is 0. The number of allylic oxidation sites excluding steroid dienone is 4. The Kier molecular flexibility index (Phi) is 1.54. The maximum Gasteiger partial charge on any atom is 0.135 e. The van der Waals surface area contributed by atoms with Crippen molar-refractivity contribution in [2.24, 2.45) is 5.92 Å². The monoisotopic (exact) mass is 163 g/mol. The predicted molar refractivity (Wildman–Crippen MR) is 44.0 cm³/mol. The van der Waals surface area contributed by atoms with E-state index in [4.69, 9.17) is 5.26 Å². The third-order valence-electron chi connectivity index (χ3n) is 2.56. The van der Waals surface area contributed by atoms with E-state index >= 15 is 0 Å². The molecule has 2 rings (SSSR count). The van der Waals surface area contributed by atoms with Crippen LogP contribution in [0.1, 0.15) is 19.3 Å². The van der Waals surface area contributed by atoms with Gasteiger partial charge in [0.1, 0.15) is 5.67 Å². The molecule has 0 heterocycles. The lowest BCUT2D eigenvalue weighted by Gasteiger charge is -2.21. The van der Waals surface area contributed by atoms with Crippen molar-refractivity contribution in [3.05, 3.63) is 23.8 Å². The van der Waals surface area contributed by atoms with Gasteiger partial charge in [0.2, 0.25) is 0 Å². The van der Waals surface area contributed by atoms with Gasteiger partial charge in [-0.05, 0) is 30.9 Å². The molecule has 1 unspecified atom stereocenters. The second-order valence-electron chi connectivity index (χ2n) is 3.51. The molecule has 0 aromatic heterocycles. The smallest absolute Gasteiger partial charge is 0.135 e. The van der Waals surface area contributed by atoms with Gasteiger partial charge in [-0.25, -0.2) is 4.39 Å². The van der Waals surface area contributed by atoms with Crippen LogP contribution in [0.3, 0.4) is 0 Å². The van der Waals surface area contributed by atoms with Gasteiger partial charge in [-0.1, -0.05) is 6.08 Å². The number of hydrogen-bond acceptors (Lipinski definition) is 1. The van der Waals surface area contributed by atoms with Crippen molar-refractivity contribution >= 4 is 0 Å². The van der Waals surface area contributed by atoms with Crippen molar-refractivity contribution in [1.29, 1.82) is 5.26 Å². The molecule has 0 bridgehead atoms. The molecular formula is C10H10FN. The van der Waals surface area contributed by atoms with Crippen molar-refractivity contribution in [3.63, 3.8) is 0 Å². The number of halogens is 1. The van der Waals surface area contributed by atoms with Crippen LogP contribution in [0.25, 0.3) is 0 Å². The van der Waals surface area contributed by atoms with Crippen LogP contribution in [0.15, 0.2) is 23.8 Å². The molecule has 1 atom stereocenters. The van der Waals surface area contributed by atoms with Gasteiger partial charge in [0, 0.05) is 12.0 Å². The Hall–Kier alpha value is -1.10. The zero-order valence-electron chi connectivity index (χ0n) is 6.76. The molecule has 62 valence electrons. The van der Waals surface area contributed by atoms with Crippen molar-refractivity contribution in [2.75, 3.05) is 0 Å². The van der Waals surface area contributed by atoms with Crippen molar-refractivity contribution in [1.82, 2.24) is 0 Å². The van der Waals surface area contributed by atoms with Gasteiger partial charge in [-0.15, -0.1) is 0 Å². The first kappa shape index (κ1) is 7.54. The molecule has 0 spiro atoms. The average Bonchev–Trinajstić information content (AvgIpc) is 2.88. The molecule has 0 aromatic carbocycles. The van der Waals surface area contributed by atoms with Crippen LogP contribution in [0.2, 0.25) is 0 Å². The van der Waals surface area contributed by atoms with Crippen LogP contribution in [0, 0.1) is 17.2 Å². The summed E-state index contributed by atoms with van der Waals surface area (Å²) in [6.45, 7) is 0. The molecule has 0 amide bonds. The fourth-order valence-electron chi connectivity index (χ4n) is 1.58. The van der Waals surface area contributed by atoms with E-state index in [9.17, 15) is 4.39 Å². The second-order valence-corrected chi connectivity index (χ2v) is 3.51. The lowest BCUT2D eigenvalue weighted by molar-refractivity contribution is 0.197. The van der Waals surface area contributed by atoms with Crippen LogP contribution in [0.5, 0.6) is 0 Å². The Labute approximate surface area is 71.2 Å². The van der Waals surface area contributed by atoms with Crippen LogP contribution in [-0.4, -0.2) is 5.67 Å². The minimum atomic E-state index is -1.14. The van der Waals surface area contributed by atoms with E-state index in [1.807, 2.05) is 6.07 Å². The van der Waals surface area contributed by atoms with Crippen LogP contribution < -0.4 is 0 Å². The highest BCUT2D eigenvalue weighted by molar-refractivity contribution is 5.38. The Bertz CT molecular complexity index is 293. The number of hydrogen-bond donors (Lipinski definition) is 0. The summed E-state index contributed by atoms with van der Waals surface area (Å²) in [6, 6.07) is 2.01. The molecule has 1 saturated carbocycles. The van der Waals surface area contributed by atoms with Gasteiger partial charge >= 0.3 is 0 Å². The van der Waals surface area contributed by atoms with Gasteiger partial charge in [-0.2, -0.15) is 5.26 Å². The van der Waals surface area contributed by atoms with E-state index < -0.39 is 5.67 Å². The summed E-state index contributed by atoms with van der Waals surface area (Å²) < 4.78 is 13.8. The van der Waals surface area contributed by atoms with E-state index in [2.05, 4.69) is 0 Å². The molecule has 2 aliphatic rings. The maximum atomic E-state index is 13.8. The lowest BCUT2D eigenvalue weighted by Crippen LogP contribution is -2.23. The molecular weight excluding hydrogens is 153 g/mol. The second kappa shape index (κ2) is 2.45. The highest BCUT2D eigenvalue weighted by Gasteiger charge is 2.43. The average molecular weight is 163 g/mol. The maximum absolute atomic E-state index is 13.8. The lowest BCUT2D eigenvalue weighted by atomic mass is 9.90. The molecule has 0 radical (unpaired) electrons. The molecule has 1 fully saturated rings. The third-order valence-corrected chi connectivity index (χ3v) is 2.56. The summed E-state index contributed by atoms with van der Waals surface area (Å²) in [5.41, 5.74) is -0.552. The Morgan fingerprint density at radius 3 is 2.75 bits per heavy atom. The van der Waals surface area contributed by atoms with Crippen LogP contribution in [0.4, 0.5) is 4.39 Å². The van der Waals surface area contributed by atoms with Crippen molar-refractivity contribution in [3.8, 4) is 6.07 Å². The molecule has 1 nitrogen and oxygen atoms in total. The van der Waals surface area contributed by atoms with Gasteiger partial charge in [0.25, 0.3) is 0 Å². The Balaban J connectivity index is 2.13. The first-order chi connectivity index (χ1) is 5.74. The van der Waals surface area contributed by atoms with E-state index in [-0.39, 0.29) is 5.92 Å². The SMILES string of the molecule is N#CC1=CCC(F)(C2CC2)C=C1. The van der Waals surface area contributed by atoms with E-state index in [0.717, 1.165) is 12.8 Å². The normalized spacial score (nSPS) is 34.2. The Morgan fingerprint density at radius 1 is 1.58 bits per heavy atom. The fraction of sp³-hybridized carbons (Fsp3) is 0.500. The van der Waals surface area contributed by atoms with Gasteiger partial charge in [-0.3, -0.25) is 0 Å². The summed E-state index contributed by atoms with van der Waals surface area (Å²) in [4.78, 5) is 0. The number of nitrogens with zero attached hydrogens (tertiary/aromatic N) is 1. The summed E-state index contributed by atoms with van der Waals surface area (Å²) in [5, 5.41) is 8.52. The molecule has 0 aromatic rings. The standard InChI is InChI=1S/C10H10FN/c11-10(9-1-2-9)5-3-8(7-12)4-6-10/h3-5,9H,1-2,6H2. The number of rotatable bonds is 1. The number of alkyl halides is 1. The van der Waals surface area contributed by atoms with Crippen LogP contribution >= 0.6 is 0 Å². The topological polar surface area (TPSA) is 23.8 Å². The molecule has 2 heteroatoms. The Morgan fingerprint density at radius 2 is 2.33 bits per heavy atom. The van der Waals surface area contributed by atoms with Gasteiger partial charge < -0.3 is 0 Å². The van der Waals surface area contributed by atoms with Crippen molar-refractivity contribution < 1.29 is 4.39 Å². The third kappa shape index (κ3) is 1.16. The summed E-state index contributed by atoms with van der Waals surface area (Å²) >= 11 is 0. The molecule has 0 saturated heterocycles. The quantitative estimate of drug-likeness (QED) is 0.582. The first-order valence-electron chi connectivity index (χ1n) is 4.23. The highest BCUT2D eigenvalue weighted by Crippen LogP contribution is 2.46. The van der Waals surface area contributed by atoms with E-state index in [1.54, 1.807) is 18.2 Å². The first-order valence-corrected chi connectivity index (χ1v) is 4.23. The largest absolute Gasteiger partial charge is 0.239 e. The predicted octanol–water partition coefficient (Wildman–Crippen LogP) is 2.51. The fourth-order valence-corrected chi connectivity index (χ4v) is 1.58. The summed E-state index contributed by atoms with van der Waals surface area (Å²) in [5.74, 6) is 0.213. The summed E-state index contributed by atoms with van der Waals surface area (Å²) in [6.07, 6.45) is 7.23. The zero-order chi connectivity index (χ0) is 8.60. The molecule has 0 N–H and O–H groups in total. The zero-order valence-corrected chi connectivity index (χ0v) is 6.76. The minimum Gasteiger partial charge on any atom is -0.239 e. The van der Waals surface area contributed by atoms with Gasteiger partial charge in [0.15, 0.2) is 0 Å².